The van der Waals surface area contributed by atoms with Crippen molar-refractivity contribution in [2.24, 2.45) is 0 Å². The fourth-order valence-corrected chi connectivity index (χ4v) is 3.36. The lowest BCUT2D eigenvalue weighted by molar-refractivity contribution is 1.19. The Morgan fingerprint density at radius 3 is 1.04 bits per heavy atom. The first-order chi connectivity index (χ1) is 13.2. The molecule has 132 valence electrons. The van der Waals surface area contributed by atoms with Crippen molar-refractivity contribution in [2.45, 2.75) is 20.3 Å². The smallest absolute Gasteiger partial charge is 0.00258 e. The van der Waals surface area contributed by atoms with E-state index in [1.54, 1.807) is 0 Å². The zero-order chi connectivity index (χ0) is 18.6. The second-order valence-corrected chi connectivity index (χ2v) is 7.30. The topological polar surface area (TPSA) is 0 Å². The SMILES string of the molecule is Cc1ccc(Cc2ccc(-c3ccc(-c4ccc(C)cc4)cc3)cc2)cc1. The molecule has 0 aromatic heterocycles. The van der Waals surface area contributed by atoms with Gasteiger partial charge in [-0.2, -0.15) is 0 Å². The highest BCUT2D eigenvalue weighted by atomic mass is 14.1. The van der Waals surface area contributed by atoms with E-state index in [-0.39, 0.29) is 0 Å². The van der Waals surface area contributed by atoms with Crippen LogP contribution in [0.15, 0.2) is 97.1 Å². The summed E-state index contributed by atoms with van der Waals surface area (Å²) in [6, 6.07) is 35.3. The quantitative estimate of drug-likeness (QED) is 0.365. The van der Waals surface area contributed by atoms with E-state index in [2.05, 4.69) is 111 Å². The molecule has 0 nitrogen and oxygen atoms in total. The van der Waals surface area contributed by atoms with Crippen LogP contribution in [0.4, 0.5) is 0 Å². The van der Waals surface area contributed by atoms with Crippen molar-refractivity contribution in [2.75, 3.05) is 0 Å². The number of hydrogen-bond acceptors (Lipinski definition) is 0. The molecule has 0 aliphatic rings. The van der Waals surface area contributed by atoms with E-state index in [1.807, 2.05) is 0 Å². The van der Waals surface area contributed by atoms with Gasteiger partial charge >= 0.3 is 0 Å². The highest BCUT2D eigenvalue weighted by Crippen LogP contribution is 2.25. The molecule has 4 aromatic rings. The van der Waals surface area contributed by atoms with Crippen LogP contribution in [-0.4, -0.2) is 0 Å². The van der Waals surface area contributed by atoms with Crippen LogP contribution >= 0.6 is 0 Å². The van der Waals surface area contributed by atoms with Crippen LogP contribution in [0.5, 0.6) is 0 Å². The van der Waals surface area contributed by atoms with Gasteiger partial charge in [-0.25, -0.2) is 0 Å². The van der Waals surface area contributed by atoms with Crippen molar-refractivity contribution < 1.29 is 0 Å². The maximum atomic E-state index is 2.24. The number of aryl methyl sites for hydroxylation is 2. The molecule has 0 saturated carbocycles. The van der Waals surface area contributed by atoms with Crippen LogP contribution in [0.1, 0.15) is 22.3 Å². The highest BCUT2D eigenvalue weighted by molar-refractivity contribution is 5.70. The Hall–Kier alpha value is -3.12. The molecule has 27 heavy (non-hydrogen) atoms. The van der Waals surface area contributed by atoms with E-state index in [0.717, 1.165) is 6.42 Å². The first-order valence-corrected chi connectivity index (χ1v) is 9.49. The molecule has 0 radical (unpaired) electrons. The third-order valence-electron chi connectivity index (χ3n) is 5.09. The van der Waals surface area contributed by atoms with Gasteiger partial charge in [-0.05, 0) is 53.6 Å². The molecule has 0 aliphatic heterocycles. The minimum absolute atomic E-state index is 0.979. The Labute approximate surface area is 162 Å². The lowest BCUT2D eigenvalue weighted by atomic mass is 9.98. The first kappa shape index (κ1) is 17.3. The predicted molar refractivity (Wildman–Crippen MR) is 116 cm³/mol. The van der Waals surface area contributed by atoms with Crippen LogP contribution < -0.4 is 0 Å². The van der Waals surface area contributed by atoms with Crippen molar-refractivity contribution in [1.29, 1.82) is 0 Å². The molecule has 0 N–H and O–H groups in total. The van der Waals surface area contributed by atoms with Gasteiger partial charge in [0.2, 0.25) is 0 Å². The average Bonchev–Trinajstić information content (AvgIpc) is 2.71. The second kappa shape index (κ2) is 7.63. The van der Waals surface area contributed by atoms with Crippen LogP contribution in [0.3, 0.4) is 0 Å². The monoisotopic (exact) mass is 348 g/mol. The predicted octanol–water partition coefficient (Wildman–Crippen LogP) is 7.23. The summed E-state index contributed by atoms with van der Waals surface area (Å²) in [5, 5.41) is 0. The maximum absolute atomic E-state index is 2.24. The summed E-state index contributed by atoms with van der Waals surface area (Å²) in [5.74, 6) is 0. The summed E-state index contributed by atoms with van der Waals surface area (Å²) in [6.07, 6.45) is 0.979. The zero-order valence-corrected chi connectivity index (χ0v) is 15.9. The van der Waals surface area contributed by atoms with E-state index in [4.69, 9.17) is 0 Å². The minimum Gasteiger partial charge on any atom is -0.0590 e. The van der Waals surface area contributed by atoms with Crippen molar-refractivity contribution in [3.63, 3.8) is 0 Å². The van der Waals surface area contributed by atoms with Crippen LogP contribution in [-0.2, 0) is 6.42 Å². The lowest BCUT2D eigenvalue weighted by Gasteiger charge is -2.07. The minimum atomic E-state index is 0.979. The lowest BCUT2D eigenvalue weighted by Crippen LogP contribution is -1.88. The Morgan fingerprint density at radius 1 is 0.370 bits per heavy atom. The molecule has 4 aromatic carbocycles. The van der Waals surface area contributed by atoms with Crippen molar-refractivity contribution in [3.05, 3.63) is 119 Å². The fourth-order valence-electron chi connectivity index (χ4n) is 3.36. The van der Waals surface area contributed by atoms with E-state index < -0.39 is 0 Å². The molecule has 0 aliphatic carbocycles. The van der Waals surface area contributed by atoms with Crippen LogP contribution in [0.2, 0.25) is 0 Å². The molecule has 0 amide bonds. The van der Waals surface area contributed by atoms with Gasteiger partial charge in [0.1, 0.15) is 0 Å². The molecule has 0 atom stereocenters. The molecule has 0 bridgehead atoms. The zero-order valence-electron chi connectivity index (χ0n) is 15.9. The Bertz CT molecular complexity index is 1000. The van der Waals surface area contributed by atoms with Crippen LogP contribution in [0, 0.1) is 13.8 Å². The third kappa shape index (κ3) is 4.17. The largest absolute Gasteiger partial charge is 0.0590 e. The van der Waals surface area contributed by atoms with Crippen molar-refractivity contribution >= 4 is 0 Å². The van der Waals surface area contributed by atoms with Gasteiger partial charge < -0.3 is 0 Å². The summed E-state index contributed by atoms with van der Waals surface area (Å²) in [7, 11) is 0. The molecule has 0 heteroatoms. The van der Waals surface area contributed by atoms with Gasteiger partial charge in [-0.3, -0.25) is 0 Å². The normalized spacial score (nSPS) is 10.7. The Kier molecular flexibility index (Phi) is 4.89. The summed E-state index contributed by atoms with van der Waals surface area (Å²) in [4.78, 5) is 0. The molecular formula is C27H24. The van der Waals surface area contributed by atoms with E-state index in [1.165, 1.54) is 44.5 Å². The molecule has 0 spiro atoms. The van der Waals surface area contributed by atoms with E-state index in [9.17, 15) is 0 Å². The van der Waals surface area contributed by atoms with Crippen molar-refractivity contribution in [3.8, 4) is 22.3 Å². The molecule has 0 unspecified atom stereocenters. The Morgan fingerprint density at radius 2 is 0.630 bits per heavy atom. The summed E-state index contributed by atoms with van der Waals surface area (Å²) in [6.45, 7) is 4.25. The Balaban J connectivity index is 1.50. The van der Waals surface area contributed by atoms with Gasteiger partial charge in [0.05, 0.1) is 0 Å². The van der Waals surface area contributed by atoms with Gasteiger partial charge in [0.15, 0.2) is 0 Å². The van der Waals surface area contributed by atoms with Crippen molar-refractivity contribution in [1.82, 2.24) is 0 Å². The van der Waals surface area contributed by atoms with Gasteiger partial charge in [0.25, 0.3) is 0 Å². The average molecular weight is 348 g/mol. The third-order valence-corrected chi connectivity index (χ3v) is 5.09. The summed E-state index contributed by atoms with van der Waals surface area (Å²) < 4.78 is 0. The molecule has 0 saturated heterocycles. The number of rotatable bonds is 4. The first-order valence-electron chi connectivity index (χ1n) is 9.49. The van der Waals surface area contributed by atoms with Gasteiger partial charge in [-0.1, -0.05) is 108 Å². The number of benzene rings is 4. The van der Waals surface area contributed by atoms with E-state index in [0.29, 0.717) is 0 Å². The molecule has 0 heterocycles. The van der Waals surface area contributed by atoms with Gasteiger partial charge in [0, 0.05) is 0 Å². The van der Waals surface area contributed by atoms with E-state index >= 15 is 0 Å². The highest BCUT2D eigenvalue weighted by Gasteiger charge is 2.02. The fraction of sp³-hybridized carbons (Fsp3) is 0.111. The molecule has 4 rings (SSSR count). The molecule has 0 fully saturated rings. The molecular weight excluding hydrogens is 324 g/mol. The van der Waals surface area contributed by atoms with Crippen LogP contribution in [0.25, 0.3) is 22.3 Å². The van der Waals surface area contributed by atoms with Gasteiger partial charge in [-0.15, -0.1) is 0 Å². The maximum Gasteiger partial charge on any atom is -0.00258 e. The number of hydrogen-bond donors (Lipinski definition) is 0. The summed E-state index contributed by atoms with van der Waals surface area (Å²) in [5.41, 5.74) is 10.3. The summed E-state index contributed by atoms with van der Waals surface area (Å²) >= 11 is 0. The standard InChI is InChI=1S/C27H24/c1-20-3-7-22(8-4-20)19-23-9-13-25(14-10-23)27-17-15-26(16-18-27)24-11-5-21(2)6-12-24/h3-18H,19H2,1-2H3. The second-order valence-electron chi connectivity index (χ2n) is 7.30.